The van der Waals surface area contributed by atoms with Crippen molar-refractivity contribution in [3.63, 3.8) is 0 Å². The van der Waals surface area contributed by atoms with Crippen LogP contribution >= 0.6 is 15.9 Å². The van der Waals surface area contributed by atoms with Crippen LogP contribution in [0.2, 0.25) is 0 Å². The number of aryl methyl sites for hydroxylation is 1. The summed E-state index contributed by atoms with van der Waals surface area (Å²) in [5.41, 5.74) is 0.833. The molecule has 5 heteroatoms. The molecule has 1 heterocycles. The Morgan fingerprint density at radius 1 is 1.22 bits per heavy atom. The largest absolute Gasteiger partial charge is 0.294 e. The molecule has 2 rings (SSSR count). The minimum Gasteiger partial charge on any atom is -0.294 e. The maximum Gasteiger partial charge on any atom is 0.190 e. The van der Waals surface area contributed by atoms with Gasteiger partial charge in [-0.25, -0.2) is 0 Å². The number of Topliss-reactive ketones (excluding diaryl/α,β-unsaturated/α-hetero) is 2. The van der Waals surface area contributed by atoms with Gasteiger partial charge in [0.25, 0.3) is 0 Å². The van der Waals surface area contributed by atoms with Crippen molar-refractivity contribution >= 4 is 27.5 Å². The molecule has 0 spiro atoms. The molecule has 4 nitrogen and oxygen atoms in total. The summed E-state index contributed by atoms with van der Waals surface area (Å²) in [6.07, 6.45) is 1.51. The second-order valence-corrected chi connectivity index (χ2v) is 4.73. The van der Waals surface area contributed by atoms with E-state index in [1.807, 2.05) is 6.07 Å². The maximum absolute atomic E-state index is 12.0. The molecule has 2 aromatic rings. The molecule has 0 aliphatic carbocycles. The highest BCUT2D eigenvalue weighted by Crippen LogP contribution is 2.18. The molecule has 0 amide bonds. The molecule has 0 saturated heterocycles. The lowest BCUT2D eigenvalue weighted by Gasteiger charge is -2.01. The first-order valence-electron chi connectivity index (χ1n) is 5.38. The molecule has 0 saturated carbocycles. The molecule has 0 atom stereocenters. The van der Waals surface area contributed by atoms with E-state index in [0.717, 1.165) is 0 Å². The number of halogens is 1. The molecule has 1 aromatic heterocycles. The lowest BCUT2D eigenvalue weighted by molar-refractivity contribution is 0.0890. The lowest BCUT2D eigenvalue weighted by atomic mass is 10.0. The van der Waals surface area contributed by atoms with E-state index in [4.69, 9.17) is 0 Å². The van der Waals surface area contributed by atoms with Crippen molar-refractivity contribution < 1.29 is 9.59 Å². The monoisotopic (exact) mass is 306 g/mol. The first-order chi connectivity index (χ1) is 8.58. The summed E-state index contributed by atoms with van der Waals surface area (Å²) in [5, 5.41) is 3.98. The molecule has 0 N–H and O–H groups in total. The Kier molecular flexibility index (Phi) is 3.72. The minimum atomic E-state index is -0.267. The van der Waals surface area contributed by atoms with Crippen LogP contribution < -0.4 is 0 Å². The van der Waals surface area contributed by atoms with E-state index in [2.05, 4.69) is 21.0 Å². The zero-order valence-electron chi connectivity index (χ0n) is 9.76. The van der Waals surface area contributed by atoms with Gasteiger partial charge in [0.2, 0.25) is 0 Å². The number of hydrogen-bond acceptors (Lipinski definition) is 3. The van der Waals surface area contributed by atoms with Gasteiger partial charge in [-0.1, -0.05) is 34.1 Å². The van der Waals surface area contributed by atoms with Gasteiger partial charge < -0.3 is 0 Å². The maximum atomic E-state index is 12.0. The molecule has 92 valence electrons. The van der Waals surface area contributed by atoms with Gasteiger partial charge in [0.15, 0.2) is 11.6 Å². The Morgan fingerprint density at radius 3 is 2.56 bits per heavy atom. The fraction of sp³-hybridized carbons (Fsp3) is 0.154. The first kappa shape index (κ1) is 12.7. The van der Waals surface area contributed by atoms with E-state index in [-0.39, 0.29) is 18.0 Å². The van der Waals surface area contributed by atoms with Crippen LogP contribution in [0, 0.1) is 0 Å². The molecule has 1 aromatic carbocycles. The SMILES string of the molecule is Cn1ccc(C(=O)CC(=O)c2ccccc2Br)n1. The number of rotatable bonds is 4. The quantitative estimate of drug-likeness (QED) is 0.644. The van der Waals surface area contributed by atoms with Crippen molar-refractivity contribution in [3.05, 3.63) is 52.3 Å². The van der Waals surface area contributed by atoms with Gasteiger partial charge in [-0.15, -0.1) is 0 Å². The van der Waals surface area contributed by atoms with E-state index >= 15 is 0 Å². The smallest absolute Gasteiger partial charge is 0.190 e. The topological polar surface area (TPSA) is 52.0 Å². The molecule has 0 bridgehead atoms. The number of ketones is 2. The van der Waals surface area contributed by atoms with Gasteiger partial charge in [0.05, 0.1) is 6.42 Å². The zero-order chi connectivity index (χ0) is 13.1. The van der Waals surface area contributed by atoms with Crippen LogP contribution in [0.5, 0.6) is 0 Å². The van der Waals surface area contributed by atoms with E-state index in [1.165, 1.54) is 4.68 Å². The van der Waals surface area contributed by atoms with Crippen molar-refractivity contribution in [2.45, 2.75) is 6.42 Å². The van der Waals surface area contributed by atoms with Gasteiger partial charge in [-0.3, -0.25) is 14.3 Å². The standard InChI is InChI=1S/C13H11BrN2O2/c1-16-7-6-11(15-16)13(18)8-12(17)9-4-2-3-5-10(9)14/h2-7H,8H2,1H3. The van der Waals surface area contributed by atoms with Crippen molar-refractivity contribution in [1.29, 1.82) is 0 Å². The Bertz CT molecular complexity index is 605. The third-order valence-electron chi connectivity index (χ3n) is 2.49. The second-order valence-electron chi connectivity index (χ2n) is 3.88. The van der Waals surface area contributed by atoms with Gasteiger partial charge in [0, 0.05) is 23.3 Å². The van der Waals surface area contributed by atoms with Crippen LogP contribution in [0.3, 0.4) is 0 Å². The number of nitrogens with zero attached hydrogens (tertiary/aromatic N) is 2. The highest BCUT2D eigenvalue weighted by molar-refractivity contribution is 9.10. The minimum absolute atomic E-state index is 0.167. The van der Waals surface area contributed by atoms with Crippen LogP contribution in [-0.4, -0.2) is 21.3 Å². The fourth-order valence-electron chi connectivity index (χ4n) is 1.58. The van der Waals surface area contributed by atoms with Crippen molar-refractivity contribution in [3.8, 4) is 0 Å². The van der Waals surface area contributed by atoms with Crippen LogP contribution in [0.15, 0.2) is 41.0 Å². The molecule has 18 heavy (non-hydrogen) atoms. The average Bonchev–Trinajstić information content (AvgIpc) is 2.76. The highest BCUT2D eigenvalue weighted by atomic mass is 79.9. The van der Waals surface area contributed by atoms with Gasteiger partial charge in [0.1, 0.15) is 5.69 Å². The molecule has 0 radical (unpaired) electrons. The fourth-order valence-corrected chi connectivity index (χ4v) is 2.09. The predicted molar refractivity (Wildman–Crippen MR) is 70.6 cm³/mol. The van der Waals surface area contributed by atoms with Gasteiger partial charge in [-0.05, 0) is 12.1 Å². The van der Waals surface area contributed by atoms with Gasteiger partial charge in [-0.2, -0.15) is 5.10 Å². The summed E-state index contributed by atoms with van der Waals surface area (Å²) in [6.45, 7) is 0. The summed E-state index contributed by atoms with van der Waals surface area (Å²) in [4.78, 5) is 23.8. The van der Waals surface area contributed by atoms with Crippen LogP contribution in [0.4, 0.5) is 0 Å². The molecule has 0 fully saturated rings. The number of carbonyl (C=O) groups is 2. The van der Waals surface area contributed by atoms with E-state index < -0.39 is 0 Å². The summed E-state index contributed by atoms with van der Waals surface area (Å²) in [6, 6.07) is 8.66. The van der Waals surface area contributed by atoms with E-state index in [0.29, 0.717) is 15.7 Å². The molecular formula is C13H11BrN2O2. The zero-order valence-corrected chi connectivity index (χ0v) is 11.3. The van der Waals surface area contributed by atoms with E-state index in [1.54, 1.807) is 37.5 Å². The third kappa shape index (κ3) is 2.73. The van der Waals surface area contributed by atoms with Crippen molar-refractivity contribution in [1.82, 2.24) is 9.78 Å². The molecular weight excluding hydrogens is 296 g/mol. The molecule has 0 aliphatic heterocycles. The Labute approximate surface area is 113 Å². The van der Waals surface area contributed by atoms with Crippen molar-refractivity contribution in [2.24, 2.45) is 7.05 Å². The van der Waals surface area contributed by atoms with Crippen LogP contribution in [0.1, 0.15) is 27.3 Å². The first-order valence-corrected chi connectivity index (χ1v) is 6.18. The molecule has 0 unspecified atom stereocenters. The Balaban J connectivity index is 2.13. The Hall–Kier alpha value is -1.75. The summed E-state index contributed by atoms with van der Waals surface area (Å²) in [7, 11) is 1.73. The number of hydrogen-bond donors (Lipinski definition) is 0. The normalized spacial score (nSPS) is 10.3. The molecule has 0 aliphatic rings. The lowest BCUT2D eigenvalue weighted by Crippen LogP contribution is -2.10. The number of benzene rings is 1. The summed E-state index contributed by atoms with van der Waals surface area (Å²) < 4.78 is 2.24. The summed E-state index contributed by atoms with van der Waals surface area (Å²) >= 11 is 3.30. The average molecular weight is 307 g/mol. The van der Waals surface area contributed by atoms with Gasteiger partial charge >= 0.3 is 0 Å². The predicted octanol–water partition coefficient (Wildman–Crippen LogP) is 2.64. The number of carbonyl (C=O) groups excluding carboxylic acids is 2. The third-order valence-corrected chi connectivity index (χ3v) is 3.19. The summed E-state index contributed by atoms with van der Waals surface area (Å²) in [5.74, 6) is -0.477. The van der Waals surface area contributed by atoms with Crippen molar-refractivity contribution in [2.75, 3.05) is 0 Å². The highest BCUT2D eigenvalue weighted by Gasteiger charge is 2.17. The van der Waals surface area contributed by atoms with Crippen LogP contribution in [0.25, 0.3) is 0 Å². The van der Waals surface area contributed by atoms with E-state index in [9.17, 15) is 9.59 Å². The Morgan fingerprint density at radius 2 is 1.94 bits per heavy atom. The van der Waals surface area contributed by atoms with Crippen LogP contribution in [-0.2, 0) is 7.05 Å². The number of aromatic nitrogens is 2. The second kappa shape index (κ2) is 5.27.